The number of sulfonamides is 1. The summed E-state index contributed by atoms with van der Waals surface area (Å²) < 4.78 is 45.2. The highest BCUT2D eigenvalue weighted by Crippen LogP contribution is 2.14. The third kappa shape index (κ3) is 5.88. The minimum absolute atomic E-state index is 0.0589. The molecule has 1 amide bonds. The number of hydrogen-bond acceptors (Lipinski definition) is 4. The molecule has 1 aromatic heterocycles. The zero-order valence-electron chi connectivity index (χ0n) is 16.2. The fraction of sp³-hybridized carbons (Fsp3) is 0.136. The Labute approximate surface area is 174 Å². The summed E-state index contributed by atoms with van der Waals surface area (Å²) in [4.78, 5) is 12.2. The van der Waals surface area contributed by atoms with Crippen molar-refractivity contribution in [3.8, 4) is 0 Å². The number of hydrogen-bond donors (Lipinski definition) is 2. The summed E-state index contributed by atoms with van der Waals surface area (Å²) in [6.07, 6.45) is 4.42. The van der Waals surface area contributed by atoms with Crippen LogP contribution in [-0.4, -0.2) is 14.3 Å². The molecule has 0 saturated carbocycles. The molecule has 0 fully saturated rings. The summed E-state index contributed by atoms with van der Waals surface area (Å²) >= 11 is 0. The zero-order valence-corrected chi connectivity index (χ0v) is 17.0. The molecule has 1 atom stereocenters. The Morgan fingerprint density at radius 1 is 1.10 bits per heavy atom. The molecule has 6 nitrogen and oxygen atoms in total. The van der Waals surface area contributed by atoms with E-state index in [1.54, 1.807) is 49.4 Å². The van der Waals surface area contributed by atoms with Crippen LogP contribution in [0, 0.1) is 5.82 Å². The smallest absolute Gasteiger partial charge is 0.244 e. The lowest BCUT2D eigenvalue weighted by Gasteiger charge is -2.12. The first-order valence-corrected chi connectivity index (χ1v) is 10.7. The van der Waals surface area contributed by atoms with Crippen molar-refractivity contribution >= 4 is 22.0 Å². The predicted molar refractivity (Wildman–Crippen MR) is 111 cm³/mol. The molecule has 0 radical (unpaired) electrons. The van der Waals surface area contributed by atoms with Gasteiger partial charge in [-0.15, -0.1) is 0 Å². The lowest BCUT2D eigenvalue weighted by Crippen LogP contribution is -2.24. The molecule has 8 heteroatoms. The molecule has 0 aliphatic carbocycles. The van der Waals surface area contributed by atoms with E-state index in [1.807, 2.05) is 0 Å². The second-order valence-corrected chi connectivity index (χ2v) is 8.36. The fourth-order valence-electron chi connectivity index (χ4n) is 2.69. The van der Waals surface area contributed by atoms with Gasteiger partial charge in [-0.3, -0.25) is 4.79 Å². The fourth-order valence-corrected chi connectivity index (χ4v) is 3.68. The lowest BCUT2D eigenvalue weighted by molar-refractivity contribution is -0.117. The van der Waals surface area contributed by atoms with Gasteiger partial charge in [0.1, 0.15) is 11.6 Å². The molecular formula is C22H21FN2O4S. The van der Waals surface area contributed by atoms with Gasteiger partial charge in [-0.1, -0.05) is 24.3 Å². The molecule has 2 aromatic carbocycles. The van der Waals surface area contributed by atoms with Gasteiger partial charge in [-0.05, 0) is 60.5 Å². The molecule has 156 valence electrons. The van der Waals surface area contributed by atoms with E-state index in [2.05, 4.69) is 10.0 Å². The van der Waals surface area contributed by atoms with E-state index in [-0.39, 0.29) is 29.2 Å². The molecule has 3 rings (SSSR count). The molecule has 2 N–H and O–H groups in total. The Morgan fingerprint density at radius 3 is 2.43 bits per heavy atom. The van der Waals surface area contributed by atoms with Crippen LogP contribution in [0.5, 0.6) is 0 Å². The zero-order chi connectivity index (χ0) is 21.6. The van der Waals surface area contributed by atoms with Gasteiger partial charge in [-0.25, -0.2) is 17.5 Å². The highest BCUT2D eigenvalue weighted by atomic mass is 32.2. The topological polar surface area (TPSA) is 88.4 Å². The number of furan rings is 1. The van der Waals surface area contributed by atoms with E-state index in [4.69, 9.17) is 4.42 Å². The van der Waals surface area contributed by atoms with E-state index in [0.717, 1.165) is 5.56 Å². The van der Waals surface area contributed by atoms with Gasteiger partial charge in [0.05, 0.1) is 23.7 Å². The van der Waals surface area contributed by atoms with Crippen LogP contribution in [0.2, 0.25) is 0 Å². The summed E-state index contributed by atoms with van der Waals surface area (Å²) in [5.74, 6) is -0.138. The Morgan fingerprint density at radius 2 is 1.80 bits per heavy atom. The molecule has 1 heterocycles. The summed E-state index contributed by atoms with van der Waals surface area (Å²) in [5, 5.41) is 2.79. The Hall–Kier alpha value is -3.23. The Kier molecular flexibility index (Phi) is 6.81. The molecule has 0 bridgehead atoms. The molecule has 3 aromatic rings. The lowest BCUT2D eigenvalue weighted by atomic mass is 10.1. The van der Waals surface area contributed by atoms with Crippen LogP contribution in [0.3, 0.4) is 0 Å². The normalized spacial score (nSPS) is 12.7. The summed E-state index contributed by atoms with van der Waals surface area (Å²) in [5.41, 5.74) is 1.46. The molecule has 0 spiro atoms. The van der Waals surface area contributed by atoms with Gasteiger partial charge in [0.2, 0.25) is 15.9 Å². The van der Waals surface area contributed by atoms with Crippen molar-refractivity contribution in [2.24, 2.45) is 0 Å². The van der Waals surface area contributed by atoms with E-state index in [0.29, 0.717) is 11.3 Å². The molecular weight excluding hydrogens is 407 g/mol. The van der Waals surface area contributed by atoms with E-state index >= 15 is 0 Å². The largest absolute Gasteiger partial charge is 0.468 e. The number of halogens is 1. The third-order valence-corrected chi connectivity index (χ3v) is 5.78. The number of rotatable bonds is 8. The van der Waals surface area contributed by atoms with Gasteiger partial charge < -0.3 is 9.73 Å². The summed E-state index contributed by atoms with van der Waals surface area (Å²) in [6, 6.07) is 15.1. The van der Waals surface area contributed by atoms with Crippen LogP contribution < -0.4 is 10.0 Å². The first-order chi connectivity index (χ1) is 14.3. The first-order valence-electron chi connectivity index (χ1n) is 9.20. The van der Waals surface area contributed by atoms with Crippen LogP contribution in [0.1, 0.15) is 29.9 Å². The maximum Gasteiger partial charge on any atom is 0.244 e. The molecule has 0 aliphatic heterocycles. The van der Waals surface area contributed by atoms with Crippen LogP contribution in [0.25, 0.3) is 6.08 Å². The number of nitrogens with one attached hydrogen (secondary N) is 2. The predicted octanol–water partition coefficient (Wildman–Crippen LogP) is 3.79. The van der Waals surface area contributed by atoms with Crippen molar-refractivity contribution in [2.75, 3.05) is 0 Å². The molecule has 0 saturated heterocycles. The van der Waals surface area contributed by atoms with Crippen LogP contribution in [0.4, 0.5) is 4.39 Å². The number of amides is 1. The second-order valence-electron chi connectivity index (χ2n) is 6.59. The van der Waals surface area contributed by atoms with E-state index < -0.39 is 10.0 Å². The average Bonchev–Trinajstić information content (AvgIpc) is 3.25. The van der Waals surface area contributed by atoms with Gasteiger partial charge in [0.15, 0.2) is 0 Å². The Bertz CT molecular complexity index is 1110. The second kappa shape index (κ2) is 9.51. The van der Waals surface area contributed by atoms with Gasteiger partial charge in [0.25, 0.3) is 0 Å². The number of carbonyl (C=O) groups is 1. The Balaban J connectivity index is 1.57. The van der Waals surface area contributed by atoms with E-state index in [1.165, 1.54) is 36.6 Å². The summed E-state index contributed by atoms with van der Waals surface area (Å²) in [7, 11) is -3.67. The standard InChI is InChI=1S/C22H21FN2O4S/c1-16(18-7-9-19(23)10-8-18)25-22(26)13-6-17-4-11-21(12-5-17)30(27,28)24-15-20-3-2-14-29-20/h2-14,16,24H,15H2,1H3,(H,25,26)/b13-6+. The van der Waals surface area contributed by atoms with Crippen LogP contribution in [-0.2, 0) is 21.4 Å². The monoisotopic (exact) mass is 428 g/mol. The van der Waals surface area contributed by atoms with Crippen molar-refractivity contribution in [3.63, 3.8) is 0 Å². The van der Waals surface area contributed by atoms with Gasteiger partial charge in [-0.2, -0.15) is 0 Å². The SMILES string of the molecule is CC(NC(=O)/C=C/c1ccc(S(=O)(=O)NCc2ccco2)cc1)c1ccc(F)cc1. The minimum atomic E-state index is -3.67. The summed E-state index contributed by atoms with van der Waals surface area (Å²) in [6.45, 7) is 1.86. The van der Waals surface area contributed by atoms with Crippen LogP contribution >= 0.6 is 0 Å². The maximum atomic E-state index is 13.0. The minimum Gasteiger partial charge on any atom is -0.468 e. The van der Waals surface area contributed by atoms with Gasteiger partial charge in [0, 0.05) is 6.08 Å². The molecule has 1 unspecified atom stereocenters. The van der Waals surface area contributed by atoms with Crippen molar-refractivity contribution in [1.82, 2.24) is 10.0 Å². The number of benzene rings is 2. The van der Waals surface area contributed by atoms with Gasteiger partial charge >= 0.3 is 0 Å². The van der Waals surface area contributed by atoms with Crippen molar-refractivity contribution in [2.45, 2.75) is 24.4 Å². The highest BCUT2D eigenvalue weighted by Gasteiger charge is 2.14. The quantitative estimate of drug-likeness (QED) is 0.535. The first kappa shape index (κ1) is 21.5. The molecule has 0 aliphatic rings. The number of carbonyl (C=O) groups excluding carboxylic acids is 1. The third-order valence-electron chi connectivity index (χ3n) is 4.36. The maximum absolute atomic E-state index is 13.0. The molecule has 30 heavy (non-hydrogen) atoms. The van der Waals surface area contributed by atoms with E-state index in [9.17, 15) is 17.6 Å². The van der Waals surface area contributed by atoms with Crippen molar-refractivity contribution < 1.29 is 22.0 Å². The van der Waals surface area contributed by atoms with Crippen LogP contribution in [0.15, 0.2) is 82.3 Å². The average molecular weight is 428 g/mol. The van der Waals surface area contributed by atoms with Crippen molar-refractivity contribution in [1.29, 1.82) is 0 Å². The highest BCUT2D eigenvalue weighted by molar-refractivity contribution is 7.89. The van der Waals surface area contributed by atoms with Crippen molar-refractivity contribution in [3.05, 3.63) is 95.7 Å².